The van der Waals surface area contributed by atoms with Crippen LogP contribution < -0.4 is 5.32 Å². The third-order valence-electron chi connectivity index (χ3n) is 15.9. The number of amides is 2. The van der Waals surface area contributed by atoms with Gasteiger partial charge in [-0.1, -0.05) is 101 Å². The Bertz CT molecular complexity index is 2170. The fourth-order valence-corrected chi connectivity index (χ4v) is 11.0. The molecule has 1 saturated carbocycles. The number of nitrogens with one attached hydrogen (secondary N) is 1. The van der Waals surface area contributed by atoms with Crippen LogP contribution in [0.15, 0.2) is 77.9 Å². The Morgan fingerprint density at radius 1 is 0.851 bits per heavy atom. The number of nitrogens with zero attached hydrogens (tertiary/aromatic N) is 1. The number of ether oxygens (including phenoxy) is 5. The molecule has 14 atom stereocenters. The highest BCUT2D eigenvalue weighted by atomic mass is 16.6. The molecule has 2 amide bonds. The molecule has 74 heavy (non-hydrogen) atoms. The molecule has 0 unspecified atom stereocenters. The van der Waals surface area contributed by atoms with E-state index in [4.69, 9.17) is 23.7 Å². The molecule has 0 spiro atoms. The summed E-state index contributed by atoms with van der Waals surface area (Å²) < 4.78 is 30.1. The Balaban J connectivity index is 1.38. The molecule has 3 heterocycles. The summed E-state index contributed by atoms with van der Waals surface area (Å²) in [5.41, 5.74) is 2.46. The van der Waals surface area contributed by atoms with Crippen LogP contribution in [-0.2, 0) is 54.1 Å². The maximum absolute atomic E-state index is 14.5. The summed E-state index contributed by atoms with van der Waals surface area (Å²) in [6.45, 7) is 13.3. The van der Waals surface area contributed by atoms with Crippen LogP contribution in [0.2, 0.25) is 0 Å². The normalized spacial score (nSPS) is 35.7. The number of aliphatic hydroxyl groups is 2. The largest absolute Gasteiger partial charge is 0.460 e. The summed E-state index contributed by atoms with van der Waals surface area (Å²) in [4.78, 5) is 84.9. The van der Waals surface area contributed by atoms with Crippen LogP contribution in [-0.4, -0.2) is 126 Å². The van der Waals surface area contributed by atoms with E-state index in [2.05, 4.69) is 5.32 Å². The fraction of sp³-hybridized carbons (Fsp3) is 0.661. The first-order chi connectivity index (χ1) is 35.2. The maximum atomic E-state index is 14.5. The van der Waals surface area contributed by atoms with Crippen LogP contribution in [0.25, 0.3) is 0 Å². The Kier molecular flexibility index (Phi) is 23.5. The van der Waals surface area contributed by atoms with Gasteiger partial charge in [0.1, 0.15) is 29.8 Å². The number of methoxy groups -OCH3 is 2. The third-order valence-corrected chi connectivity index (χ3v) is 15.9. The zero-order chi connectivity index (χ0) is 54.1. The highest BCUT2D eigenvalue weighted by Gasteiger charge is 2.53. The van der Waals surface area contributed by atoms with E-state index in [0.29, 0.717) is 82.7 Å². The first-order valence-electron chi connectivity index (χ1n) is 27.2. The van der Waals surface area contributed by atoms with Crippen molar-refractivity contribution in [1.82, 2.24) is 10.2 Å². The second-order valence-corrected chi connectivity index (χ2v) is 21.8. The first-order valence-corrected chi connectivity index (χ1v) is 27.2. The lowest BCUT2D eigenvalue weighted by Crippen LogP contribution is -2.61. The molecule has 0 aromatic heterocycles. The summed E-state index contributed by atoms with van der Waals surface area (Å²) in [6, 6.07) is 8.68. The quantitative estimate of drug-likeness (QED) is 0.121. The number of Topliss-reactive ketones (excluding diaryl/α,β-unsaturated/α-hetero) is 3. The van der Waals surface area contributed by atoms with Crippen molar-refractivity contribution < 1.29 is 62.7 Å². The summed E-state index contributed by atoms with van der Waals surface area (Å²) in [6.07, 6.45) is 12.6. The Hall–Kier alpha value is -4.80. The van der Waals surface area contributed by atoms with Crippen LogP contribution >= 0.6 is 0 Å². The van der Waals surface area contributed by atoms with E-state index in [-0.39, 0.29) is 61.0 Å². The topological polar surface area (TPSA) is 204 Å². The van der Waals surface area contributed by atoms with Crippen LogP contribution in [0.3, 0.4) is 0 Å². The minimum absolute atomic E-state index is 0.0522. The van der Waals surface area contributed by atoms with E-state index in [1.807, 2.05) is 88.4 Å². The monoisotopic (exact) mass is 1030 g/mol. The van der Waals surface area contributed by atoms with Crippen molar-refractivity contribution >= 4 is 35.3 Å². The van der Waals surface area contributed by atoms with Crippen molar-refractivity contribution in [3.8, 4) is 0 Å². The standard InChI is InChI=1S/C59H86N2O13/c1-37-18-12-10-13-19-38(2)52(70-8)34-46-25-23-43(7)59(69,74-46)55(65)56(66)61-29-17-16-22-47(61)57(67)72-53(36-50(64)41(5)31-40(4)49(63)35-48(62)39(3)30-37)42(6)32-45-24-26-51(54(33-45)71-9)73-58(68)60-28-27-44-20-14-11-15-21-44/h10-15,18-21,31,37,39,41-43,45-47,49,51-54,63,69H,16-17,22-30,32-36H2,1-9H3,(H,60,68)/b13-10+,18-12+,38-19+,40-31+/t37-,39-,41-,42-,43-,45+,46+,47+,49+,51-,52+,53+,54-,59-/m1/s1. The zero-order valence-corrected chi connectivity index (χ0v) is 45.5. The van der Waals surface area contributed by atoms with Gasteiger partial charge in [0.25, 0.3) is 11.7 Å². The van der Waals surface area contributed by atoms with Crippen molar-refractivity contribution in [3.05, 3.63) is 83.5 Å². The summed E-state index contributed by atoms with van der Waals surface area (Å²) in [5, 5.41) is 26.1. The molecule has 1 aliphatic carbocycles. The highest BCUT2D eigenvalue weighted by molar-refractivity contribution is 6.39. The number of fused-ring (bicyclic) bond motifs is 3. The second kappa shape index (κ2) is 28.9. The molecule has 2 saturated heterocycles. The summed E-state index contributed by atoms with van der Waals surface area (Å²) in [7, 11) is 3.17. The predicted octanol–water partition coefficient (Wildman–Crippen LogP) is 8.53. The number of rotatable bonds is 9. The Morgan fingerprint density at radius 2 is 1.59 bits per heavy atom. The number of ketones is 3. The molecule has 1 aromatic carbocycles. The molecule has 1 aromatic rings. The summed E-state index contributed by atoms with van der Waals surface area (Å²) in [5.74, 6) is -7.71. The van der Waals surface area contributed by atoms with Gasteiger partial charge in [-0.25, -0.2) is 9.59 Å². The van der Waals surface area contributed by atoms with Crippen molar-refractivity contribution in [3.63, 3.8) is 0 Å². The van der Waals surface area contributed by atoms with Gasteiger partial charge in [0.2, 0.25) is 5.79 Å². The average molecular weight is 1030 g/mol. The number of carbonyl (C=O) groups is 6. The SMILES string of the molecule is CO[C@H]1C[C@@H]2CC[C@@H](C)[C@@](O)(O2)C(=O)C(=O)N2CCCC[C@H]2C(=O)O[C@H]([C@H](C)C[C@@H]2CC[C@@H](OC(=O)NCCc3ccccc3)[C@H](OC)C2)CC(=O)[C@H](C)/C=C(\C)[C@@H](O)CC(=O)[C@H](C)C[C@H](C)/C=C/C=C/C=C/1C. The molecular formula is C59H86N2O13. The van der Waals surface area contributed by atoms with Crippen LogP contribution in [0.1, 0.15) is 138 Å². The predicted molar refractivity (Wildman–Crippen MR) is 281 cm³/mol. The van der Waals surface area contributed by atoms with Crippen molar-refractivity contribution in [1.29, 1.82) is 0 Å². The van der Waals surface area contributed by atoms with Gasteiger partial charge in [0.05, 0.1) is 24.4 Å². The van der Waals surface area contributed by atoms with E-state index >= 15 is 0 Å². The van der Waals surface area contributed by atoms with Gasteiger partial charge in [0.15, 0.2) is 0 Å². The molecule has 410 valence electrons. The van der Waals surface area contributed by atoms with Crippen molar-refractivity contribution in [2.75, 3.05) is 27.3 Å². The molecule has 4 aliphatic rings. The van der Waals surface area contributed by atoms with E-state index in [9.17, 15) is 39.0 Å². The van der Waals surface area contributed by atoms with E-state index in [1.165, 1.54) is 4.90 Å². The van der Waals surface area contributed by atoms with E-state index < -0.39 is 84.0 Å². The average Bonchev–Trinajstić information content (AvgIpc) is 3.38. The first kappa shape index (κ1) is 60.1. The number of alkyl carbamates (subject to hydrolysis) is 1. The molecule has 5 rings (SSSR count). The molecule has 3 N–H and O–H groups in total. The van der Waals surface area contributed by atoms with Crippen LogP contribution in [0.4, 0.5) is 4.79 Å². The molecule has 0 radical (unpaired) electrons. The van der Waals surface area contributed by atoms with E-state index in [0.717, 1.165) is 11.1 Å². The maximum Gasteiger partial charge on any atom is 0.407 e. The van der Waals surface area contributed by atoms with Crippen LogP contribution in [0.5, 0.6) is 0 Å². The number of allylic oxidation sites excluding steroid dienone is 6. The number of piperidine rings is 1. The van der Waals surface area contributed by atoms with Gasteiger partial charge >= 0.3 is 12.1 Å². The minimum atomic E-state index is -2.44. The number of hydrogen-bond acceptors (Lipinski definition) is 13. The van der Waals surface area contributed by atoms with Crippen molar-refractivity contribution in [2.24, 2.45) is 35.5 Å². The lowest BCUT2D eigenvalue weighted by molar-refractivity contribution is -0.265. The van der Waals surface area contributed by atoms with Gasteiger partial charge in [-0.05, 0) is 119 Å². The number of hydrogen-bond donors (Lipinski definition) is 3. The zero-order valence-electron chi connectivity index (χ0n) is 45.5. The summed E-state index contributed by atoms with van der Waals surface area (Å²) >= 11 is 0. The van der Waals surface area contributed by atoms with Gasteiger partial charge in [-0.2, -0.15) is 0 Å². The molecule has 15 heteroatoms. The molecule has 3 aliphatic heterocycles. The fourth-order valence-electron chi connectivity index (χ4n) is 11.0. The molecule has 3 fully saturated rings. The molecule has 2 bridgehead atoms. The van der Waals surface area contributed by atoms with E-state index in [1.54, 1.807) is 41.1 Å². The lowest BCUT2D eigenvalue weighted by atomic mass is 9.78. The van der Waals surface area contributed by atoms with Gasteiger partial charge in [-0.3, -0.25) is 19.2 Å². The van der Waals surface area contributed by atoms with Crippen molar-refractivity contribution in [2.45, 2.75) is 187 Å². The number of carbonyl (C=O) groups excluding carboxylic acids is 6. The second-order valence-electron chi connectivity index (χ2n) is 21.8. The van der Waals surface area contributed by atoms with Gasteiger partial charge < -0.3 is 44.1 Å². The molecular weight excluding hydrogens is 945 g/mol. The van der Waals surface area contributed by atoms with Crippen LogP contribution in [0, 0.1) is 35.5 Å². The minimum Gasteiger partial charge on any atom is -0.460 e. The molecule has 15 nitrogen and oxygen atoms in total. The Labute approximate surface area is 439 Å². The Morgan fingerprint density at radius 3 is 2.31 bits per heavy atom. The smallest absolute Gasteiger partial charge is 0.407 e. The van der Waals surface area contributed by atoms with Gasteiger partial charge in [-0.15, -0.1) is 0 Å². The number of esters is 1. The number of cyclic esters (lactones) is 1. The van der Waals surface area contributed by atoms with Gasteiger partial charge in [0, 0.05) is 64.3 Å². The third kappa shape index (κ3) is 17.1. The lowest BCUT2D eigenvalue weighted by Gasteiger charge is -2.42. The number of aliphatic hydroxyl groups excluding tert-OH is 1. The number of benzene rings is 1. The highest BCUT2D eigenvalue weighted by Crippen LogP contribution is 2.38.